The van der Waals surface area contributed by atoms with Crippen molar-refractivity contribution in [1.29, 1.82) is 0 Å². The first-order valence-corrected chi connectivity index (χ1v) is 10.1. The van der Waals surface area contributed by atoms with E-state index in [1.165, 1.54) is 13.0 Å². The summed E-state index contributed by atoms with van der Waals surface area (Å²) in [4.78, 5) is 38.1. The van der Waals surface area contributed by atoms with Crippen molar-refractivity contribution in [2.24, 2.45) is 35.1 Å². The number of carbonyl (C=O) groups is 3. The normalized spacial score (nSPS) is 44.3. The Morgan fingerprint density at radius 1 is 1.19 bits per heavy atom. The van der Waals surface area contributed by atoms with Gasteiger partial charge in [0.05, 0.1) is 23.2 Å². The molecule has 168 valence electrons. The molecule has 0 spiro atoms. The molecule has 0 radical (unpaired) electrons. The summed E-state index contributed by atoms with van der Waals surface area (Å²) in [6.07, 6.45) is -4.06. The standard InChI is InChI=1S/C20H23ClN2O8/c1-19(30)5-4-6-13(22)15(26)11(18(23)29)17(28)20(6,31)16(27)9(5)14(25)10-8(24)3-2-7(21)12(10)19/h2-3,5-6,9,11,13,15-16,24,26-27,30-31H,4,22H2,1H3,(H2,23,29)/t5-,6-,9+,11-,13-,15-,16+,19-,20-/m0/s1. The van der Waals surface area contributed by atoms with E-state index in [1.54, 1.807) is 0 Å². The maximum Gasteiger partial charge on any atom is 0.230 e. The average molecular weight is 455 g/mol. The van der Waals surface area contributed by atoms with Gasteiger partial charge in [0.2, 0.25) is 5.91 Å². The van der Waals surface area contributed by atoms with E-state index in [0.29, 0.717) is 0 Å². The Kier molecular flexibility index (Phi) is 4.79. The molecule has 0 aliphatic heterocycles. The lowest BCUT2D eigenvalue weighted by Crippen LogP contribution is -2.76. The highest BCUT2D eigenvalue weighted by Gasteiger charge is 2.70. The summed E-state index contributed by atoms with van der Waals surface area (Å²) in [5.74, 6) is -9.54. The molecule has 1 amide bonds. The molecule has 11 heteroatoms. The van der Waals surface area contributed by atoms with Gasteiger partial charge in [0.15, 0.2) is 17.2 Å². The number of aromatic hydroxyl groups is 1. The van der Waals surface area contributed by atoms with Crippen molar-refractivity contribution < 1.29 is 39.9 Å². The lowest BCUT2D eigenvalue weighted by Gasteiger charge is -2.58. The fourth-order valence-electron chi connectivity index (χ4n) is 5.82. The number of phenolic OH excluding ortho intramolecular Hbond substituents is 1. The van der Waals surface area contributed by atoms with Crippen LogP contribution in [-0.4, -0.2) is 66.9 Å². The van der Waals surface area contributed by atoms with Gasteiger partial charge in [0.1, 0.15) is 17.8 Å². The number of primary amides is 1. The van der Waals surface area contributed by atoms with E-state index < -0.39 is 76.3 Å². The van der Waals surface area contributed by atoms with Crippen LogP contribution in [-0.2, 0) is 15.2 Å². The number of fused-ring (bicyclic) bond motifs is 3. The maximum absolute atomic E-state index is 13.3. The molecule has 9 N–H and O–H groups in total. The number of nitrogens with two attached hydrogens (primary N) is 2. The summed E-state index contributed by atoms with van der Waals surface area (Å²) in [7, 11) is 0. The van der Waals surface area contributed by atoms with Crippen molar-refractivity contribution in [2.45, 2.75) is 42.8 Å². The molecular weight excluding hydrogens is 432 g/mol. The van der Waals surface area contributed by atoms with Gasteiger partial charge >= 0.3 is 0 Å². The van der Waals surface area contributed by atoms with Gasteiger partial charge in [0.25, 0.3) is 0 Å². The Morgan fingerprint density at radius 3 is 2.39 bits per heavy atom. The van der Waals surface area contributed by atoms with Gasteiger partial charge in [-0.15, -0.1) is 0 Å². The van der Waals surface area contributed by atoms with Crippen LogP contribution in [0.1, 0.15) is 29.3 Å². The molecule has 0 unspecified atom stereocenters. The molecule has 9 atom stereocenters. The Balaban J connectivity index is 1.92. The molecule has 1 aromatic rings. The second kappa shape index (κ2) is 6.71. The average Bonchev–Trinajstić information content (AvgIpc) is 2.67. The first kappa shape index (κ1) is 22.1. The fourth-order valence-corrected chi connectivity index (χ4v) is 6.17. The largest absolute Gasteiger partial charge is 0.507 e. The van der Waals surface area contributed by atoms with Crippen LogP contribution in [0.3, 0.4) is 0 Å². The SMILES string of the molecule is C[C@@]1(O)c2c(Cl)ccc(O)c2C(=O)[C@@H]2[C@@H](O)[C@]3(O)C(=O)[C@@H](C(N)=O)[C@H](O)[C@@H](N)[C@@H]3C[C@@H]21. The van der Waals surface area contributed by atoms with Crippen LogP contribution in [0.15, 0.2) is 12.1 Å². The Hall–Kier alpha value is -2.08. The van der Waals surface area contributed by atoms with Crippen molar-refractivity contribution in [1.82, 2.24) is 0 Å². The van der Waals surface area contributed by atoms with Crippen LogP contribution >= 0.6 is 11.6 Å². The van der Waals surface area contributed by atoms with E-state index in [9.17, 15) is 39.9 Å². The molecule has 31 heavy (non-hydrogen) atoms. The number of halogens is 1. The van der Waals surface area contributed by atoms with E-state index in [2.05, 4.69) is 0 Å². The molecule has 0 aromatic heterocycles. The smallest absolute Gasteiger partial charge is 0.230 e. The molecular formula is C20H23ClN2O8. The van der Waals surface area contributed by atoms with Crippen molar-refractivity contribution in [3.63, 3.8) is 0 Å². The number of hydrogen-bond donors (Lipinski definition) is 7. The van der Waals surface area contributed by atoms with Crippen LogP contribution in [0.2, 0.25) is 5.02 Å². The molecule has 2 fully saturated rings. The number of aliphatic hydroxyl groups excluding tert-OH is 2. The molecule has 2 saturated carbocycles. The number of rotatable bonds is 1. The van der Waals surface area contributed by atoms with E-state index in [1.807, 2.05) is 0 Å². The minimum absolute atomic E-state index is 0.0118. The molecule has 0 bridgehead atoms. The lowest BCUT2D eigenvalue weighted by atomic mass is 9.49. The van der Waals surface area contributed by atoms with Crippen LogP contribution in [0.4, 0.5) is 0 Å². The quantitative estimate of drug-likeness (QED) is 0.238. The van der Waals surface area contributed by atoms with Crippen molar-refractivity contribution in [3.8, 4) is 5.75 Å². The second-order valence-corrected chi connectivity index (χ2v) is 9.29. The summed E-state index contributed by atoms with van der Waals surface area (Å²) in [5, 5.41) is 54.5. The van der Waals surface area contributed by atoms with Crippen LogP contribution < -0.4 is 11.5 Å². The molecule has 1 aromatic carbocycles. The van der Waals surface area contributed by atoms with E-state index in [4.69, 9.17) is 23.1 Å². The third-order valence-corrected chi connectivity index (χ3v) is 7.71. The monoisotopic (exact) mass is 454 g/mol. The van der Waals surface area contributed by atoms with Gasteiger partial charge < -0.3 is 37.0 Å². The first-order chi connectivity index (χ1) is 14.3. The summed E-state index contributed by atoms with van der Waals surface area (Å²) in [6.45, 7) is 1.34. The number of benzene rings is 1. The van der Waals surface area contributed by atoms with Gasteiger partial charge in [0, 0.05) is 28.5 Å². The Labute approximate surface area is 181 Å². The van der Waals surface area contributed by atoms with E-state index in [-0.39, 0.29) is 22.6 Å². The molecule has 0 heterocycles. The minimum Gasteiger partial charge on any atom is -0.507 e. The van der Waals surface area contributed by atoms with E-state index >= 15 is 0 Å². The van der Waals surface area contributed by atoms with E-state index in [0.717, 1.165) is 6.07 Å². The summed E-state index contributed by atoms with van der Waals surface area (Å²) in [6, 6.07) is 1.11. The van der Waals surface area contributed by atoms with Gasteiger partial charge in [-0.3, -0.25) is 14.4 Å². The number of aliphatic hydroxyl groups is 4. The fraction of sp³-hybridized carbons (Fsp3) is 0.550. The minimum atomic E-state index is -2.67. The Morgan fingerprint density at radius 2 is 1.81 bits per heavy atom. The van der Waals surface area contributed by atoms with Gasteiger partial charge in [-0.05, 0) is 25.5 Å². The molecule has 10 nitrogen and oxygen atoms in total. The zero-order valence-electron chi connectivity index (χ0n) is 16.4. The number of ketones is 2. The molecule has 0 saturated heterocycles. The summed E-state index contributed by atoms with van der Waals surface area (Å²) < 4.78 is 0. The molecule has 3 aliphatic carbocycles. The zero-order chi connectivity index (χ0) is 23.2. The highest BCUT2D eigenvalue weighted by molar-refractivity contribution is 6.32. The van der Waals surface area contributed by atoms with Crippen molar-refractivity contribution in [3.05, 3.63) is 28.3 Å². The molecule has 4 rings (SSSR count). The number of hydrogen-bond acceptors (Lipinski definition) is 9. The number of phenols is 1. The first-order valence-electron chi connectivity index (χ1n) is 9.74. The zero-order valence-corrected chi connectivity index (χ0v) is 17.2. The number of carbonyl (C=O) groups excluding carboxylic acids is 3. The highest BCUT2D eigenvalue weighted by Crippen LogP contribution is 2.57. The van der Waals surface area contributed by atoms with Gasteiger partial charge in [-0.25, -0.2) is 0 Å². The highest BCUT2D eigenvalue weighted by atomic mass is 35.5. The topological polar surface area (TPSA) is 204 Å². The lowest BCUT2D eigenvalue weighted by molar-refractivity contribution is -0.221. The van der Waals surface area contributed by atoms with Crippen LogP contribution in [0.25, 0.3) is 0 Å². The van der Waals surface area contributed by atoms with Gasteiger partial charge in [-0.2, -0.15) is 0 Å². The predicted octanol–water partition coefficient (Wildman–Crippen LogP) is -1.83. The van der Waals surface area contributed by atoms with Crippen LogP contribution in [0, 0.1) is 23.7 Å². The third-order valence-electron chi connectivity index (χ3n) is 7.39. The Bertz CT molecular complexity index is 1010. The number of Topliss-reactive ketones (excluding diaryl/α,β-unsaturated/α-hetero) is 2. The van der Waals surface area contributed by atoms with Crippen molar-refractivity contribution in [2.75, 3.05) is 0 Å². The maximum atomic E-state index is 13.3. The van der Waals surface area contributed by atoms with Gasteiger partial charge in [-0.1, -0.05) is 11.6 Å². The predicted molar refractivity (Wildman–Crippen MR) is 105 cm³/mol. The second-order valence-electron chi connectivity index (χ2n) is 8.89. The molecule has 3 aliphatic rings. The van der Waals surface area contributed by atoms with Crippen LogP contribution in [0.5, 0.6) is 5.75 Å². The summed E-state index contributed by atoms with van der Waals surface area (Å²) in [5.41, 5.74) is 6.38. The van der Waals surface area contributed by atoms with Crippen molar-refractivity contribution >= 4 is 29.1 Å². The number of amides is 1. The third kappa shape index (κ3) is 2.60. The summed E-state index contributed by atoms with van der Waals surface area (Å²) >= 11 is 6.22.